The van der Waals surface area contributed by atoms with Crippen molar-refractivity contribution < 1.29 is 35.9 Å². The summed E-state index contributed by atoms with van der Waals surface area (Å²) in [4.78, 5) is 27.6. The van der Waals surface area contributed by atoms with Gasteiger partial charge in [0.1, 0.15) is 17.5 Å². The van der Waals surface area contributed by atoms with Crippen molar-refractivity contribution in [1.82, 2.24) is 9.80 Å². The van der Waals surface area contributed by atoms with Gasteiger partial charge in [-0.3, -0.25) is 9.59 Å². The van der Waals surface area contributed by atoms with E-state index in [1.165, 1.54) is 9.80 Å². The van der Waals surface area contributed by atoms with E-state index in [0.717, 1.165) is 18.2 Å². The van der Waals surface area contributed by atoms with Crippen LogP contribution in [0.4, 0.5) is 26.3 Å². The van der Waals surface area contributed by atoms with Crippen molar-refractivity contribution in [2.45, 2.75) is 12.6 Å². The zero-order valence-corrected chi connectivity index (χ0v) is 15.5. The van der Waals surface area contributed by atoms with Crippen LogP contribution in [0.1, 0.15) is 32.7 Å². The van der Waals surface area contributed by atoms with Crippen LogP contribution < -0.4 is 0 Å². The number of hydrogen-bond acceptors (Lipinski definition) is 2. The summed E-state index contributed by atoms with van der Waals surface area (Å²) in [5, 5.41) is 0. The summed E-state index contributed by atoms with van der Waals surface area (Å²) in [6.07, 6.45) is -4.53. The van der Waals surface area contributed by atoms with Gasteiger partial charge in [-0.05, 0) is 36.8 Å². The molecule has 1 aliphatic heterocycles. The molecule has 10 heteroatoms. The van der Waals surface area contributed by atoms with Gasteiger partial charge < -0.3 is 9.80 Å². The smallest absolute Gasteiger partial charge is 0.337 e. The molecule has 1 aliphatic rings. The molecule has 1 saturated heterocycles. The molecule has 1 fully saturated rings. The van der Waals surface area contributed by atoms with Crippen LogP contribution in [0.25, 0.3) is 0 Å². The third kappa shape index (κ3) is 4.74. The molecule has 2 aromatic rings. The molecule has 0 bridgehead atoms. The van der Waals surface area contributed by atoms with Crippen molar-refractivity contribution in [3.05, 3.63) is 70.5 Å². The average Bonchev–Trinajstić information content (AvgIpc) is 2.92. The first-order valence-electron chi connectivity index (χ1n) is 8.97. The van der Waals surface area contributed by atoms with E-state index in [1.807, 2.05) is 0 Å². The molecule has 0 saturated carbocycles. The van der Waals surface area contributed by atoms with Gasteiger partial charge in [-0.1, -0.05) is 0 Å². The maximum absolute atomic E-state index is 13.9. The molecule has 3 rings (SSSR count). The third-order valence-corrected chi connectivity index (χ3v) is 4.70. The Balaban J connectivity index is 1.74. The predicted molar refractivity (Wildman–Crippen MR) is 94.2 cm³/mol. The molecule has 0 atom stereocenters. The second-order valence-corrected chi connectivity index (χ2v) is 6.79. The maximum Gasteiger partial charge on any atom is 0.416 e. The number of amides is 2. The Labute approximate surface area is 167 Å². The maximum atomic E-state index is 13.9. The minimum Gasteiger partial charge on any atom is -0.337 e. The Bertz CT molecular complexity index is 976. The van der Waals surface area contributed by atoms with Gasteiger partial charge >= 0.3 is 6.18 Å². The molecule has 2 amide bonds. The molecule has 160 valence electrons. The minimum atomic E-state index is -4.81. The Morgan fingerprint density at radius 3 is 2.00 bits per heavy atom. The fourth-order valence-corrected chi connectivity index (χ4v) is 3.22. The highest BCUT2D eigenvalue weighted by Crippen LogP contribution is 2.30. The Morgan fingerprint density at radius 2 is 1.40 bits per heavy atom. The summed E-state index contributed by atoms with van der Waals surface area (Å²) in [7, 11) is 0. The van der Waals surface area contributed by atoms with Gasteiger partial charge in [0.15, 0.2) is 0 Å². The Morgan fingerprint density at radius 1 is 0.767 bits per heavy atom. The van der Waals surface area contributed by atoms with Crippen LogP contribution in [0.3, 0.4) is 0 Å². The Kier molecular flexibility index (Phi) is 6.04. The van der Waals surface area contributed by atoms with E-state index in [0.29, 0.717) is 18.2 Å². The quantitative estimate of drug-likeness (QED) is 0.673. The van der Waals surface area contributed by atoms with Gasteiger partial charge in [-0.25, -0.2) is 13.2 Å². The molecular weight excluding hydrogens is 414 g/mol. The number of carbonyl (C=O) groups excluding carboxylic acids is 2. The normalized spacial score (nSPS) is 15.1. The molecule has 0 aliphatic carbocycles. The van der Waals surface area contributed by atoms with Crippen molar-refractivity contribution >= 4 is 11.8 Å². The van der Waals surface area contributed by atoms with Crippen molar-refractivity contribution in [3.8, 4) is 0 Å². The van der Waals surface area contributed by atoms with E-state index in [1.54, 1.807) is 0 Å². The van der Waals surface area contributed by atoms with E-state index in [4.69, 9.17) is 0 Å². The third-order valence-electron chi connectivity index (χ3n) is 4.70. The summed E-state index contributed by atoms with van der Waals surface area (Å²) in [5.74, 6) is -4.53. The summed E-state index contributed by atoms with van der Waals surface area (Å²) in [5.41, 5.74) is -2.05. The lowest BCUT2D eigenvalue weighted by Crippen LogP contribution is -2.37. The summed E-state index contributed by atoms with van der Waals surface area (Å²) < 4.78 is 79.2. The zero-order chi connectivity index (χ0) is 22.1. The first kappa shape index (κ1) is 21.7. The first-order chi connectivity index (χ1) is 14.1. The van der Waals surface area contributed by atoms with Crippen molar-refractivity contribution in [1.29, 1.82) is 0 Å². The van der Waals surface area contributed by atoms with Gasteiger partial charge in [0.2, 0.25) is 0 Å². The molecule has 0 radical (unpaired) electrons. The standard InChI is InChI=1S/C20H16F6N2O2/c21-14-2-3-16(17(23)11-14)19(30)28-5-1-4-27(6-7-28)18(29)12-8-13(20(24,25)26)10-15(22)9-12/h2-3,8-11H,1,4-7H2. The second-order valence-electron chi connectivity index (χ2n) is 6.79. The Hall–Kier alpha value is -3.04. The predicted octanol–water partition coefficient (Wildman–Crippen LogP) is 4.11. The summed E-state index contributed by atoms with van der Waals surface area (Å²) in [6.45, 7) is 0.233. The SMILES string of the molecule is O=C(c1cc(F)cc(C(F)(F)F)c1)N1CCCN(C(=O)c2ccc(F)cc2F)CC1. The van der Waals surface area contributed by atoms with E-state index in [2.05, 4.69) is 0 Å². The number of nitrogens with zero attached hydrogens (tertiary/aromatic N) is 2. The van der Waals surface area contributed by atoms with Gasteiger partial charge in [0.05, 0.1) is 11.1 Å². The number of rotatable bonds is 2. The molecule has 30 heavy (non-hydrogen) atoms. The first-order valence-corrected chi connectivity index (χ1v) is 8.97. The largest absolute Gasteiger partial charge is 0.416 e. The van der Waals surface area contributed by atoms with E-state index in [-0.39, 0.29) is 38.2 Å². The van der Waals surface area contributed by atoms with Gasteiger partial charge in [-0.2, -0.15) is 13.2 Å². The molecule has 4 nitrogen and oxygen atoms in total. The van der Waals surface area contributed by atoms with Gasteiger partial charge in [-0.15, -0.1) is 0 Å². The van der Waals surface area contributed by atoms with Gasteiger partial charge in [0.25, 0.3) is 11.8 Å². The van der Waals surface area contributed by atoms with E-state index in [9.17, 15) is 35.9 Å². The number of halogens is 6. The monoisotopic (exact) mass is 430 g/mol. The fraction of sp³-hybridized carbons (Fsp3) is 0.300. The molecular formula is C20H16F6N2O2. The van der Waals surface area contributed by atoms with Crippen LogP contribution in [0.15, 0.2) is 36.4 Å². The zero-order valence-electron chi connectivity index (χ0n) is 15.5. The number of alkyl halides is 3. The fourth-order valence-electron chi connectivity index (χ4n) is 3.22. The molecule has 0 spiro atoms. The molecule has 1 heterocycles. The molecule has 2 aromatic carbocycles. The highest BCUT2D eigenvalue weighted by atomic mass is 19.4. The van der Waals surface area contributed by atoms with Crippen molar-refractivity contribution in [3.63, 3.8) is 0 Å². The lowest BCUT2D eigenvalue weighted by Gasteiger charge is -2.23. The molecule has 0 aromatic heterocycles. The molecule has 0 N–H and O–H groups in total. The second kappa shape index (κ2) is 8.37. The number of carbonyl (C=O) groups is 2. The van der Waals surface area contributed by atoms with Crippen LogP contribution in [0.5, 0.6) is 0 Å². The highest BCUT2D eigenvalue weighted by Gasteiger charge is 2.33. The van der Waals surface area contributed by atoms with Crippen LogP contribution in [-0.2, 0) is 6.18 Å². The lowest BCUT2D eigenvalue weighted by molar-refractivity contribution is -0.137. The molecule has 0 unspecified atom stereocenters. The lowest BCUT2D eigenvalue weighted by atomic mass is 10.1. The summed E-state index contributed by atoms with van der Waals surface area (Å²) >= 11 is 0. The van der Waals surface area contributed by atoms with Crippen LogP contribution in [0.2, 0.25) is 0 Å². The van der Waals surface area contributed by atoms with Crippen molar-refractivity contribution in [2.24, 2.45) is 0 Å². The topological polar surface area (TPSA) is 40.6 Å². The van der Waals surface area contributed by atoms with Gasteiger partial charge in [0, 0.05) is 37.8 Å². The van der Waals surface area contributed by atoms with Crippen LogP contribution >= 0.6 is 0 Å². The average molecular weight is 430 g/mol. The van der Waals surface area contributed by atoms with Crippen LogP contribution in [0, 0.1) is 17.5 Å². The highest BCUT2D eigenvalue weighted by molar-refractivity contribution is 5.95. The summed E-state index contributed by atoms with van der Waals surface area (Å²) in [6, 6.07) is 4.16. The van der Waals surface area contributed by atoms with E-state index >= 15 is 0 Å². The van der Waals surface area contributed by atoms with Crippen molar-refractivity contribution in [2.75, 3.05) is 26.2 Å². The van der Waals surface area contributed by atoms with E-state index < -0.39 is 46.6 Å². The van der Waals surface area contributed by atoms with Crippen LogP contribution in [-0.4, -0.2) is 47.8 Å². The number of hydrogen-bond donors (Lipinski definition) is 0. The minimum absolute atomic E-state index is 0.0111. The number of benzene rings is 2.